The van der Waals surface area contributed by atoms with Crippen LogP contribution < -0.4 is 10.1 Å². The van der Waals surface area contributed by atoms with Crippen molar-refractivity contribution in [2.45, 2.75) is 32.9 Å². The molecule has 4 heteroatoms. The van der Waals surface area contributed by atoms with Crippen molar-refractivity contribution >= 4 is 5.69 Å². The fraction of sp³-hybridized carbons (Fsp3) is 0.294. The smallest absolute Gasteiger partial charge is 0.128 e. The van der Waals surface area contributed by atoms with E-state index in [1.807, 2.05) is 31.2 Å². The maximum absolute atomic E-state index is 13.5. The van der Waals surface area contributed by atoms with E-state index in [1.54, 1.807) is 0 Å². The zero-order valence-electron chi connectivity index (χ0n) is 12.2. The van der Waals surface area contributed by atoms with Gasteiger partial charge in [0, 0.05) is 23.9 Å². The predicted octanol–water partition coefficient (Wildman–Crippen LogP) is 4.75. The van der Waals surface area contributed by atoms with Gasteiger partial charge in [-0.15, -0.1) is 0 Å². The van der Waals surface area contributed by atoms with Crippen LogP contribution in [0.5, 0.6) is 5.75 Å². The van der Waals surface area contributed by atoms with Crippen molar-refractivity contribution in [2.75, 3.05) is 5.32 Å². The summed E-state index contributed by atoms with van der Waals surface area (Å²) in [6.07, 6.45) is 1.06. The van der Waals surface area contributed by atoms with Crippen molar-refractivity contribution in [3.8, 4) is 5.75 Å². The lowest BCUT2D eigenvalue weighted by molar-refractivity contribution is 0.217. The van der Waals surface area contributed by atoms with Crippen LogP contribution in [0.1, 0.15) is 25.8 Å². The second-order valence-electron chi connectivity index (χ2n) is 4.95. The quantitative estimate of drug-likeness (QED) is 0.829. The molecular formula is C17H19F2NO. The third-order valence-corrected chi connectivity index (χ3v) is 3.24. The van der Waals surface area contributed by atoms with Crippen LogP contribution in [0.2, 0.25) is 0 Å². The van der Waals surface area contributed by atoms with E-state index in [9.17, 15) is 8.78 Å². The lowest BCUT2D eigenvalue weighted by atomic mass is 10.2. The van der Waals surface area contributed by atoms with E-state index in [2.05, 4.69) is 12.2 Å². The fourth-order valence-corrected chi connectivity index (χ4v) is 1.87. The molecule has 2 aromatic carbocycles. The molecule has 0 amide bonds. The lowest BCUT2D eigenvalue weighted by Gasteiger charge is -2.14. The number of halogens is 2. The SMILES string of the molecule is CCC(C)Oc1cccc(NCc2cc(F)ccc2F)c1. The summed E-state index contributed by atoms with van der Waals surface area (Å²) in [5, 5.41) is 3.07. The molecule has 21 heavy (non-hydrogen) atoms. The van der Waals surface area contributed by atoms with Gasteiger partial charge in [0.05, 0.1) is 6.10 Å². The number of rotatable bonds is 6. The van der Waals surface area contributed by atoms with Gasteiger partial charge >= 0.3 is 0 Å². The highest BCUT2D eigenvalue weighted by Gasteiger charge is 2.05. The topological polar surface area (TPSA) is 21.3 Å². The zero-order valence-corrected chi connectivity index (χ0v) is 12.2. The van der Waals surface area contributed by atoms with Gasteiger partial charge in [0.2, 0.25) is 0 Å². The summed E-state index contributed by atoms with van der Waals surface area (Å²) in [6, 6.07) is 10.9. The summed E-state index contributed by atoms with van der Waals surface area (Å²) in [5.74, 6) is -0.105. The van der Waals surface area contributed by atoms with Crippen LogP contribution >= 0.6 is 0 Å². The molecule has 0 aliphatic rings. The summed E-state index contributed by atoms with van der Waals surface area (Å²) in [5.41, 5.74) is 1.10. The molecule has 112 valence electrons. The van der Waals surface area contributed by atoms with E-state index < -0.39 is 11.6 Å². The number of hydrogen-bond donors (Lipinski definition) is 1. The first-order valence-corrected chi connectivity index (χ1v) is 7.03. The molecular weight excluding hydrogens is 272 g/mol. The molecule has 0 spiro atoms. The number of ether oxygens (including phenoxy) is 1. The standard InChI is InChI=1S/C17H19F2NO/c1-3-12(2)21-16-6-4-5-15(10-16)20-11-13-9-14(18)7-8-17(13)19/h4-10,12,20H,3,11H2,1-2H3. The molecule has 2 rings (SSSR count). The monoisotopic (exact) mass is 291 g/mol. The first kappa shape index (κ1) is 15.3. The summed E-state index contributed by atoms with van der Waals surface area (Å²) in [7, 11) is 0. The molecule has 0 aromatic heterocycles. The second kappa shape index (κ2) is 7.07. The Morgan fingerprint density at radius 2 is 1.95 bits per heavy atom. The first-order chi connectivity index (χ1) is 10.1. The molecule has 0 aliphatic carbocycles. The average Bonchev–Trinajstić information content (AvgIpc) is 2.48. The Morgan fingerprint density at radius 1 is 1.14 bits per heavy atom. The van der Waals surface area contributed by atoms with Gasteiger partial charge in [-0.1, -0.05) is 13.0 Å². The Bertz CT molecular complexity index is 601. The average molecular weight is 291 g/mol. The van der Waals surface area contributed by atoms with Gasteiger partial charge in [0.25, 0.3) is 0 Å². The Kier molecular flexibility index (Phi) is 5.14. The van der Waals surface area contributed by atoms with Crippen LogP contribution in [0, 0.1) is 11.6 Å². The van der Waals surface area contributed by atoms with Crippen molar-refractivity contribution in [1.82, 2.24) is 0 Å². The van der Waals surface area contributed by atoms with Gasteiger partial charge in [-0.2, -0.15) is 0 Å². The number of hydrogen-bond acceptors (Lipinski definition) is 2. The Labute approximate surface area is 123 Å². The van der Waals surface area contributed by atoms with Crippen LogP contribution in [0.25, 0.3) is 0 Å². The number of benzene rings is 2. The van der Waals surface area contributed by atoms with Crippen LogP contribution in [-0.4, -0.2) is 6.10 Å². The molecule has 0 saturated carbocycles. The van der Waals surface area contributed by atoms with Crippen molar-refractivity contribution < 1.29 is 13.5 Å². The minimum atomic E-state index is -0.443. The van der Waals surface area contributed by atoms with E-state index in [4.69, 9.17) is 4.74 Å². The van der Waals surface area contributed by atoms with Crippen molar-refractivity contribution in [1.29, 1.82) is 0 Å². The molecule has 0 fully saturated rings. The van der Waals surface area contributed by atoms with E-state index in [1.165, 1.54) is 6.07 Å². The Balaban J connectivity index is 2.03. The Morgan fingerprint density at radius 3 is 2.71 bits per heavy atom. The third-order valence-electron chi connectivity index (χ3n) is 3.24. The molecule has 1 unspecified atom stereocenters. The maximum Gasteiger partial charge on any atom is 0.128 e. The molecule has 1 atom stereocenters. The zero-order chi connectivity index (χ0) is 15.2. The van der Waals surface area contributed by atoms with Crippen LogP contribution in [-0.2, 0) is 6.54 Å². The largest absolute Gasteiger partial charge is 0.491 e. The van der Waals surface area contributed by atoms with E-state index >= 15 is 0 Å². The first-order valence-electron chi connectivity index (χ1n) is 7.03. The van der Waals surface area contributed by atoms with Gasteiger partial charge < -0.3 is 10.1 Å². The van der Waals surface area contributed by atoms with Crippen LogP contribution in [0.3, 0.4) is 0 Å². The summed E-state index contributed by atoms with van der Waals surface area (Å²) >= 11 is 0. The third kappa shape index (κ3) is 4.45. The Hall–Kier alpha value is -2.10. The van der Waals surface area contributed by atoms with Crippen molar-refractivity contribution in [3.05, 3.63) is 59.7 Å². The fourth-order valence-electron chi connectivity index (χ4n) is 1.87. The highest BCUT2D eigenvalue weighted by molar-refractivity contribution is 5.48. The normalized spacial score (nSPS) is 12.0. The molecule has 0 aliphatic heterocycles. The summed E-state index contributed by atoms with van der Waals surface area (Å²) < 4.78 is 32.4. The highest BCUT2D eigenvalue weighted by Crippen LogP contribution is 2.20. The van der Waals surface area contributed by atoms with Crippen molar-refractivity contribution in [2.24, 2.45) is 0 Å². The number of anilines is 1. The second-order valence-corrected chi connectivity index (χ2v) is 4.95. The van der Waals surface area contributed by atoms with Gasteiger partial charge in [0.15, 0.2) is 0 Å². The van der Waals surface area contributed by atoms with Crippen LogP contribution in [0.15, 0.2) is 42.5 Å². The molecule has 1 N–H and O–H groups in total. The van der Waals surface area contributed by atoms with Gasteiger partial charge in [-0.05, 0) is 43.7 Å². The minimum absolute atomic E-state index is 0.140. The minimum Gasteiger partial charge on any atom is -0.491 e. The summed E-state index contributed by atoms with van der Waals surface area (Å²) in [4.78, 5) is 0. The molecule has 0 radical (unpaired) electrons. The summed E-state index contributed by atoms with van der Waals surface area (Å²) in [6.45, 7) is 4.28. The van der Waals surface area contributed by atoms with Crippen molar-refractivity contribution in [3.63, 3.8) is 0 Å². The lowest BCUT2D eigenvalue weighted by Crippen LogP contribution is -2.10. The molecule has 2 nitrogen and oxygen atoms in total. The molecule has 2 aromatic rings. The predicted molar refractivity (Wildman–Crippen MR) is 80.5 cm³/mol. The molecule has 0 heterocycles. The number of nitrogens with one attached hydrogen (secondary N) is 1. The van der Waals surface area contributed by atoms with Gasteiger partial charge in [0.1, 0.15) is 17.4 Å². The molecule has 0 bridgehead atoms. The highest BCUT2D eigenvalue weighted by atomic mass is 19.1. The van der Waals surface area contributed by atoms with Crippen LogP contribution in [0.4, 0.5) is 14.5 Å². The van der Waals surface area contributed by atoms with E-state index in [-0.39, 0.29) is 12.6 Å². The maximum atomic E-state index is 13.5. The molecule has 0 saturated heterocycles. The van der Waals surface area contributed by atoms with Gasteiger partial charge in [-0.25, -0.2) is 8.78 Å². The van der Waals surface area contributed by atoms with E-state index in [0.29, 0.717) is 5.56 Å². The van der Waals surface area contributed by atoms with Gasteiger partial charge in [-0.3, -0.25) is 0 Å². The van der Waals surface area contributed by atoms with E-state index in [0.717, 1.165) is 30.0 Å².